The lowest BCUT2D eigenvalue weighted by atomic mass is 10.1. The highest BCUT2D eigenvalue weighted by Crippen LogP contribution is 2.11. The molecule has 0 aromatic heterocycles. The Kier molecular flexibility index (Phi) is 4.94. The van der Waals surface area contributed by atoms with E-state index in [4.69, 9.17) is 9.84 Å². The minimum Gasteiger partial charge on any atom is -0.481 e. The molecule has 10 heavy (non-hydrogen) atoms. The van der Waals surface area contributed by atoms with Crippen molar-refractivity contribution in [3.63, 3.8) is 0 Å². The van der Waals surface area contributed by atoms with Crippen LogP contribution in [0, 0.1) is 5.92 Å². The zero-order valence-electron chi connectivity index (χ0n) is 6.46. The normalized spacial score (nSPS) is 23.2. The predicted molar refractivity (Wildman–Crippen MR) is 37.9 cm³/mol. The first-order valence-electron chi connectivity index (χ1n) is 3.61. The van der Waals surface area contributed by atoms with Crippen LogP contribution in [0.15, 0.2) is 0 Å². The van der Waals surface area contributed by atoms with E-state index in [2.05, 4.69) is 0 Å². The molecule has 1 aliphatic rings. The van der Waals surface area contributed by atoms with Gasteiger partial charge in [0.1, 0.15) is 0 Å². The van der Waals surface area contributed by atoms with Crippen molar-refractivity contribution in [3.8, 4) is 0 Å². The van der Waals surface area contributed by atoms with Gasteiger partial charge < -0.3 is 9.84 Å². The average Bonchev–Trinajstić information content (AvgIpc) is 2.42. The van der Waals surface area contributed by atoms with Gasteiger partial charge in [0.15, 0.2) is 0 Å². The lowest BCUT2D eigenvalue weighted by molar-refractivity contribution is -0.141. The average molecular weight is 146 g/mol. The van der Waals surface area contributed by atoms with Crippen molar-refractivity contribution < 1.29 is 14.6 Å². The molecule has 1 atom stereocenters. The molecule has 0 unspecified atom stereocenters. The molecule has 0 amide bonds. The predicted octanol–water partition coefficient (Wildman–Crippen LogP) is 1.13. The summed E-state index contributed by atoms with van der Waals surface area (Å²) in [6.45, 7) is 5.01. The van der Waals surface area contributed by atoms with Crippen molar-refractivity contribution >= 4 is 5.97 Å². The number of hydrogen-bond donors (Lipinski definition) is 1. The third-order valence-corrected chi connectivity index (χ3v) is 1.28. The molecular weight excluding hydrogens is 132 g/mol. The summed E-state index contributed by atoms with van der Waals surface area (Å²) in [4.78, 5) is 10.1. The van der Waals surface area contributed by atoms with Gasteiger partial charge in [-0.05, 0) is 6.42 Å². The molecular formula is C7H14O3. The molecule has 1 N–H and O–H groups in total. The molecule has 0 saturated carbocycles. The number of rotatable bonds is 1. The van der Waals surface area contributed by atoms with Gasteiger partial charge in [-0.25, -0.2) is 0 Å². The fourth-order valence-electron chi connectivity index (χ4n) is 0.729. The second-order valence-corrected chi connectivity index (χ2v) is 1.90. The Morgan fingerprint density at radius 1 is 1.60 bits per heavy atom. The Bertz CT molecular complexity index is 95.0. The van der Waals surface area contributed by atoms with Crippen LogP contribution in [0.25, 0.3) is 0 Å². The van der Waals surface area contributed by atoms with Gasteiger partial charge in [-0.1, -0.05) is 13.8 Å². The maximum Gasteiger partial charge on any atom is 0.308 e. The molecule has 1 fully saturated rings. The first-order chi connectivity index (χ1) is 4.80. The third kappa shape index (κ3) is 2.82. The first kappa shape index (κ1) is 9.43. The summed E-state index contributed by atoms with van der Waals surface area (Å²) in [5.41, 5.74) is 0. The molecule has 0 radical (unpaired) electrons. The van der Waals surface area contributed by atoms with Crippen LogP contribution in [0.4, 0.5) is 0 Å². The lowest BCUT2D eigenvalue weighted by Gasteiger charge is -1.95. The summed E-state index contributed by atoms with van der Waals surface area (Å²) in [6, 6.07) is 0. The Balaban J connectivity index is 0.000000371. The van der Waals surface area contributed by atoms with Crippen LogP contribution in [0.3, 0.4) is 0 Å². The van der Waals surface area contributed by atoms with Gasteiger partial charge in [0.2, 0.25) is 0 Å². The topological polar surface area (TPSA) is 46.5 Å². The summed E-state index contributed by atoms with van der Waals surface area (Å²) in [5.74, 6) is -0.975. The van der Waals surface area contributed by atoms with E-state index in [1.165, 1.54) is 0 Å². The van der Waals surface area contributed by atoms with Crippen LogP contribution in [0.1, 0.15) is 20.3 Å². The van der Waals surface area contributed by atoms with Gasteiger partial charge in [-0.3, -0.25) is 4.79 Å². The Morgan fingerprint density at radius 2 is 2.20 bits per heavy atom. The fourth-order valence-corrected chi connectivity index (χ4v) is 0.729. The summed E-state index contributed by atoms with van der Waals surface area (Å²) < 4.78 is 4.84. The van der Waals surface area contributed by atoms with Crippen molar-refractivity contribution in [3.05, 3.63) is 0 Å². The minimum absolute atomic E-state index is 0.241. The quantitative estimate of drug-likeness (QED) is 0.603. The molecule has 0 spiro atoms. The molecule has 1 saturated heterocycles. The highest BCUT2D eigenvalue weighted by Gasteiger charge is 2.21. The van der Waals surface area contributed by atoms with E-state index in [-0.39, 0.29) is 5.92 Å². The molecule has 1 heterocycles. The van der Waals surface area contributed by atoms with E-state index in [1.54, 1.807) is 0 Å². The van der Waals surface area contributed by atoms with Crippen LogP contribution in [0.2, 0.25) is 0 Å². The van der Waals surface area contributed by atoms with Crippen LogP contribution >= 0.6 is 0 Å². The molecule has 1 rings (SSSR count). The monoisotopic (exact) mass is 146 g/mol. The number of aliphatic carboxylic acids is 1. The van der Waals surface area contributed by atoms with Crippen LogP contribution < -0.4 is 0 Å². The lowest BCUT2D eigenvalue weighted by Crippen LogP contribution is -2.12. The Morgan fingerprint density at radius 3 is 2.40 bits per heavy atom. The first-order valence-corrected chi connectivity index (χ1v) is 3.61. The molecule has 0 bridgehead atoms. The standard InChI is InChI=1S/C5H8O3.C2H6/c6-5(7)4-1-2-8-3-4;1-2/h4H,1-3H2,(H,6,7);1-2H3/t4-;/m1./s1. The fraction of sp³-hybridized carbons (Fsp3) is 0.857. The highest BCUT2D eigenvalue weighted by atomic mass is 16.5. The summed E-state index contributed by atoms with van der Waals surface area (Å²) in [7, 11) is 0. The second kappa shape index (κ2) is 5.23. The van der Waals surface area contributed by atoms with Crippen molar-refractivity contribution in [2.24, 2.45) is 5.92 Å². The van der Waals surface area contributed by atoms with E-state index >= 15 is 0 Å². The molecule has 0 aromatic rings. The van der Waals surface area contributed by atoms with E-state index in [0.717, 1.165) is 0 Å². The zero-order chi connectivity index (χ0) is 7.98. The number of carboxylic acid groups (broad SMARTS) is 1. The van der Waals surface area contributed by atoms with Gasteiger partial charge in [-0.15, -0.1) is 0 Å². The summed E-state index contributed by atoms with van der Waals surface area (Å²) in [5, 5.41) is 8.33. The minimum atomic E-state index is -0.734. The maximum absolute atomic E-state index is 10.1. The number of ether oxygens (including phenoxy) is 1. The smallest absolute Gasteiger partial charge is 0.308 e. The summed E-state index contributed by atoms with van der Waals surface area (Å²) >= 11 is 0. The number of carboxylic acids is 1. The van der Waals surface area contributed by atoms with E-state index in [9.17, 15) is 4.79 Å². The molecule has 3 heteroatoms. The van der Waals surface area contributed by atoms with Crippen molar-refractivity contribution in [2.45, 2.75) is 20.3 Å². The van der Waals surface area contributed by atoms with Crippen molar-refractivity contribution in [2.75, 3.05) is 13.2 Å². The zero-order valence-corrected chi connectivity index (χ0v) is 6.46. The Hall–Kier alpha value is -0.570. The number of carbonyl (C=O) groups is 1. The van der Waals surface area contributed by atoms with E-state index in [0.29, 0.717) is 19.6 Å². The Labute approximate surface area is 61.0 Å². The van der Waals surface area contributed by atoms with Gasteiger partial charge in [-0.2, -0.15) is 0 Å². The number of hydrogen-bond acceptors (Lipinski definition) is 2. The largest absolute Gasteiger partial charge is 0.481 e. The van der Waals surface area contributed by atoms with Crippen LogP contribution in [-0.2, 0) is 9.53 Å². The summed E-state index contributed by atoms with van der Waals surface area (Å²) in [6.07, 6.45) is 0.676. The van der Waals surface area contributed by atoms with Crippen LogP contribution in [0.5, 0.6) is 0 Å². The van der Waals surface area contributed by atoms with E-state index in [1.807, 2.05) is 13.8 Å². The highest BCUT2D eigenvalue weighted by molar-refractivity contribution is 5.70. The van der Waals surface area contributed by atoms with Crippen molar-refractivity contribution in [1.82, 2.24) is 0 Å². The maximum atomic E-state index is 10.1. The van der Waals surface area contributed by atoms with E-state index < -0.39 is 5.97 Å². The second-order valence-electron chi connectivity index (χ2n) is 1.90. The van der Waals surface area contributed by atoms with Gasteiger partial charge >= 0.3 is 5.97 Å². The molecule has 1 aliphatic heterocycles. The van der Waals surface area contributed by atoms with Gasteiger partial charge in [0.25, 0.3) is 0 Å². The molecule has 0 aliphatic carbocycles. The molecule has 3 nitrogen and oxygen atoms in total. The van der Waals surface area contributed by atoms with Gasteiger partial charge in [0.05, 0.1) is 12.5 Å². The third-order valence-electron chi connectivity index (χ3n) is 1.28. The molecule has 60 valence electrons. The van der Waals surface area contributed by atoms with Crippen LogP contribution in [-0.4, -0.2) is 24.3 Å². The van der Waals surface area contributed by atoms with Crippen molar-refractivity contribution in [1.29, 1.82) is 0 Å². The molecule has 0 aromatic carbocycles. The SMILES string of the molecule is CC.O=C(O)[C@@H]1CCOC1. The van der Waals surface area contributed by atoms with Gasteiger partial charge in [0, 0.05) is 6.61 Å².